The molecule has 2 aromatic rings. The van der Waals surface area contributed by atoms with E-state index in [1.807, 2.05) is 42.5 Å². The minimum absolute atomic E-state index is 0.282. The van der Waals surface area contributed by atoms with Gasteiger partial charge in [0.2, 0.25) is 0 Å². The lowest BCUT2D eigenvalue weighted by atomic mass is 9.98. The highest BCUT2D eigenvalue weighted by Crippen LogP contribution is 2.32. The lowest BCUT2D eigenvalue weighted by Crippen LogP contribution is -1.95. The zero-order valence-electron chi connectivity index (χ0n) is 14.2. The molecule has 2 aromatic carbocycles. The molecule has 0 spiro atoms. The Balaban J connectivity index is 2.24. The van der Waals surface area contributed by atoms with E-state index in [0.717, 1.165) is 22.3 Å². The van der Waals surface area contributed by atoms with Crippen molar-refractivity contribution in [2.75, 3.05) is 0 Å². The van der Waals surface area contributed by atoms with Gasteiger partial charge in [-0.3, -0.25) is 0 Å². The summed E-state index contributed by atoms with van der Waals surface area (Å²) in [7, 11) is 0. The third kappa shape index (κ3) is 6.13. The van der Waals surface area contributed by atoms with Gasteiger partial charge in [-0.05, 0) is 52.5 Å². The van der Waals surface area contributed by atoms with Crippen molar-refractivity contribution in [2.24, 2.45) is 0 Å². The minimum atomic E-state index is 0.282. The summed E-state index contributed by atoms with van der Waals surface area (Å²) >= 11 is 12.2. The smallest absolute Gasteiger partial charge is 0.145 e. The van der Waals surface area contributed by atoms with Crippen LogP contribution < -0.4 is 4.74 Å². The molecule has 0 aliphatic rings. The molecule has 3 heteroatoms. The number of terminal acetylenes is 1. The largest absolute Gasteiger partial charge is 0.406 e. The van der Waals surface area contributed by atoms with Crippen molar-refractivity contribution in [2.45, 2.75) is 11.8 Å². The number of halogens is 2. The molecule has 0 aromatic heterocycles. The van der Waals surface area contributed by atoms with E-state index in [4.69, 9.17) is 34.4 Å². The molecule has 0 amide bonds. The van der Waals surface area contributed by atoms with Crippen LogP contribution in [0.4, 0.5) is 0 Å². The first-order valence-electron chi connectivity index (χ1n) is 7.75. The molecule has 128 valence electrons. The summed E-state index contributed by atoms with van der Waals surface area (Å²) in [4.78, 5) is 0. The SMILES string of the molecule is C#CC#CC#CC#CC#COc1cc(CCl)c(-c2ccccc2)cc1CCl. The molecule has 0 aliphatic heterocycles. The van der Waals surface area contributed by atoms with Crippen LogP contribution in [0.2, 0.25) is 0 Å². The molecule has 0 heterocycles. The maximum Gasteiger partial charge on any atom is 0.145 e. The van der Waals surface area contributed by atoms with Gasteiger partial charge < -0.3 is 4.74 Å². The molecule has 0 unspecified atom stereocenters. The van der Waals surface area contributed by atoms with Crippen LogP contribution in [0.25, 0.3) is 11.1 Å². The van der Waals surface area contributed by atoms with Crippen molar-refractivity contribution >= 4 is 23.2 Å². The van der Waals surface area contributed by atoms with Crippen molar-refractivity contribution in [3.8, 4) is 76.8 Å². The third-order valence-corrected chi connectivity index (χ3v) is 3.89. The first kappa shape index (κ1) is 19.9. The van der Waals surface area contributed by atoms with Crippen LogP contribution >= 0.6 is 23.2 Å². The highest BCUT2D eigenvalue weighted by atomic mass is 35.5. The quantitative estimate of drug-likeness (QED) is 0.540. The minimum Gasteiger partial charge on any atom is -0.406 e. The number of rotatable bonds is 4. The van der Waals surface area contributed by atoms with Gasteiger partial charge in [0.15, 0.2) is 0 Å². The van der Waals surface area contributed by atoms with E-state index in [0.29, 0.717) is 11.6 Å². The lowest BCUT2D eigenvalue weighted by molar-refractivity contribution is 0.514. The summed E-state index contributed by atoms with van der Waals surface area (Å²) < 4.78 is 5.50. The van der Waals surface area contributed by atoms with Crippen molar-refractivity contribution in [1.29, 1.82) is 0 Å². The van der Waals surface area contributed by atoms with Gasteiger partial charge in [0.05, 0.1) is 5.88 Å². The van der Waals surface area contributed by atoms with Gasteiger partial charge in [-0.1, -0.05) is 30.3 Å². The number of hydrogen-bond acceptors (Lipinski definition) is 1. The Bertz CT molecular complexity index is 1090. The third-order valence-electron chi connectivity index (χ3n) is 3.32. The van der Waals surface area contributed by atoms with Crippen LogP contribution in [0.15, 0.2) is 42.5 Å². The molecular weight excluding hydrogens is 375 g/mol. The van der Waals surface area contributed by atoms with Crippen molar-refractivity contribution < 1.29 is 4.74 Å². The van der Waals surface area contributed by atoms with E-state index >= 15 is 0 Å². The van der Waals surface area contributed by atoms with E-state index in [1.54, 1.807) is 0 Å². The zero-order valence-corrected chi connectivity index (χ0v) is 15.7. The Kier molecular flexibility index (Phi) is 8.33. The van der Waals surface area contributed by atoms with E-state index in [1.165, 1.54) is 0 Å². The molecule has 0 aliphatic carbocycles. The highest BCUT2D eigenvalue weighted by molar-refractivity contribution is 6.18. The van der Waals surface area contributed by atoms with Crippen LogP contribution in [0, 0.1) is 59.9 Å². The number of ether oxygens (including phenoxy) is 1. The summed E-state index contributed by atoms with van der Waals surface area (Å²) in [6.07, 6.45) is 7.49. The predicted octanol–water partition coefficient (Wildman–Crippen LogP) is 4.81. The second kappa shape index (κ2) is 11.3. The van der Waals surface area contributed by atoms with Crippen molar-refractivity contribution in [3.05, 3.63) is 53.6 Å². The summed E-state index contributed by atoms with van der Waals surface area (Å²) in [6, 6.07) is 13.8. The summed E-state index contributed by atoms with van der Waals surface area (Å²) in [5, 5.41) is 0. The molecule has 27 heavy (non-hydrogen) atoms. The highest BCUT2D eigenvalue weighted by Gasteiger charge is 2.11. The second-order valence-corrected chi connectivity index (χ2v) is 5.51. The monoisotopic (exact) mass is 386 g/mol. The Hall–Kier alpha value is -3.38. The molecule has 0 bridgehead atoms. The predicted molar refractivity (Wildman–Crippen MR) is 112 cm³/mol. The van der Waals surface area contributed by atoms with Gasteiger partial charge in [0.25, 0.3) is 0 Å². The van der Waals surface area contributed by atoms with Crippen LogP contribution in [-0.2, 0) is 11.8 Å². The van der Waals surface area contributed by atoms with Gasteiger partial charge in [0, 0.05) is 35.1 Å². The Labute approximate surface area is 170 Å². The zero-order chi connectivity index (χ0) is 19.3. The lowest BCUT2D eigenvalue weighted by Gasteiger charge is -2.12. The van der Waals surface area contributed by atoms with Crippen LogP contribution in [0.1, 0.15) is 11.1 Å². The molecule has 0 radical (unpaired) electrons. The van der Waals surface area contributed by atoms with E-state index < -0.39 is 0 Å². The van der Waals surface area contributed by atoms with Crippen LogP contribution in [0.3, 0.4) is 0 Å². The number of hydrogen-bond donors (Lipinski definition) is 0. The summed E-state index contributed by atoms with van der Waals surface area (Å²) in [5.41, 5.74) is 3.83. The fourth-order valence-electron chi connectivity index (χ4n) is 2.16. The van der Waals surface area contributed by atoms with Gasteiger partial charge in [0.1, 0.15) is 11.9 Å². The fourth-order valence-corrected chi connectivity index (χ4v) is 2.59. The maximum atomic E-state index is 6.12. The van der Waals surface area contributed by atoms with E-state index in [9.17, 15) is 0 Å². The van der Waals surface area contributed by atoms with Gasteiger partial charge >= 0.3 is 0 Å². The average molecular weight is 387 g/mol. The second-order valence-electron chi connectivity index (χ2n) is 4.97. The van der Waals surface area contributed by atoms with Crippen molar-refractivity contribution in [3.63, 3.8) is 0 Å². The summed E-state index contributed by atoms with van der Waals surface area (Å²) in [6.45, 7) is 0. The molecule has 0 fully saturated rings. The Morgan fingerprint density at radius 2 is 1.41 bits per heavy atom. The standard InChI is InChI=1S/C24H12Cl2O/c1-2-3-4-5-6-7-8-12-15-27-24-17-21(18-25)23(16-22(24)19-26)20-13-10-9-11-14-20/h1,9-11,13-14,16-17H,18-19H2. The Morgan fingerprint density at radius 3 is 2.04 bits per heavy atom. The molecule has 0 N–H and O–H groups in total. The molecular formula is C24H12Cl2O. The number of alkyl halides is 2. The molecule has 0 atom stereocenters. The molecule has 1 nitrogen and oxygen atoms in total. The molecule has 2 rings (SSSR count). The first-order chi connectivity index (χ1) is 13.3. The first-order valence-corrected chi connectivity index (χ1v) is 8.82. The number of benzene rings is 2. The maximum absolute atomic E-state index is 6.12. The van der Waals surface area contributed by atoms with Gasteiger partial charge in [-0.2, -0.15) is 0 Å². The van der Waals surface area contributed by atoms with E-state index in [2.05, 4.69) is 53.5 Å². The average Bonchev–Trinajstić information content (AvgIpc) is 2.72. The van der Waals surface area contributed by atoms with Crippen LogP contribution in [-0.4, -0.2) is 0 Å². The Morgan fingerprint density at radius 1 is 0.778 bits per heavy atom. The fraction of sp³-hybridized carbons (Fsp3) is 0.0833. The molecule has 0 saturated carbocycles. The van der Waals surface area contributed by atoms with Gasteiger partial charge in [-0.25, -0.2) is 0 Å². The van der Waals surface area contributed by atoms with Crippen LogP contribution in [0.5, 0.6) is 5.75 Å². The van der Waals surface area contributed by atoms with Gasteiger partial charge in [-0.15, -0.1) is 29.6 Å². The van der Waals surface area contributed by atoms with Crippen molar-refractivity contribution in [1.82, 2.24) is 0 Å². The topological polar surface area (TPSA) is 9.23 Å². The summed E-state index contributed by atoms with van der Waals surface area (Å²) in [5.74, 6) is 20.8. The normalized spacial score (nSPS) is 8.19. The molecule has 0 saturated heterocycles. The van der Waals surface area contributed by atoms with E-state index in [-0.39, 0.29) is 5.88 Å².